The van der Waals surface area contributed by atoms with Crippen LogP contribution in [0.2, 0.25) is 0 Å². The molecule has 0 saturated carbocycles. The minimum absolute atomic E-state index is 0.137. The molecule has 0 unspecified atom stereocenters. The summed E-state index contributed by atoms with van der Waals surface area (Å²) in [4.78, 5) is 24.1. The Morgan fingerprint density at radius 2 is 2.22 bits per heavy atom. The van der Waals surface area contributed by atoms with Crippen molar-refractivity contribution >= 4 is 17.0 Å². The summed E-state index contributed by atoms with van der Waals surface area (Å²) in [6.07, 6.45) is 0.465. The molecule has 2 aromatic rings. The molecule has 1 atom stereocenters. The maximum atomic E-state index is 11.3. The molecule has 1 fully saturated rings. The second-order valence-corrected chi connectivity index (χ2v) is 6.15. The molecule has 0 radical (unpaired) electrons. The highest BCUT2D eigenvalue weighted by atomic mass is 16.5. The topological polar surface area (TPSA) is 61.5 Å². The van der Waals surface area contributed by atoms with Crippen LogP contribution in [0.5, 0.6) is 0 Å². The number of hydrogen-bond donors (Lipinski definition) is 1. The number of nitrogens with one attached hydrogen (secondary N) is 1. The standard InChI is InChI=1S/C17H24N4O2/c1-13-11-20(8-7-17(22)23-2)9-10-21(13)12-16-18-14-5-3-4-6-15(14)19-16/h3-6,13H,7-12H2,1-2H3,(H,18,19)/t13-/m0/s1. The third kappa shape index (κ3) is 3.89. The van der Waals surface area contributed by atoms with E-state index in [-0.39, 0.29) is 5.97 Å². The van der Waals surface area contributed by atoms with E-state index in [9.17, 15) is 4.79 Å². The molecule has 0 spiro atoms. The number of aromatic nitrogens is 2. The summed E-state index contributed by atoms with van der Waals surface area (Å²) in [6.45, 7) is 6.77. The van der Waals surface area contributed by atoms with Gasteiger partial charge in [0, 0.05) is 32.2 Å². The van der Waals surface area contributed by atoms with Gasteiger partial charge in [0.15, 0.2) is 0 Å². The van der Waals surface area contributed by atoms with Gasteiger partial charge in [0.05, 0.1) is 31.1 Å². The summed E-state index contributed by atoms with van der Waals surface area (Å²) in [5.74, 6) is 0.878. The molecule has 0 aliphatic carbocycles. The normalized spacial score (nSPS) is 20.0. The largest absolute Gasteiger partial charge is 0.469 e. The predicted octanol–water partition coefficient (Wildman–Crippen LogP) is 1.63. The van der Waals surface area contributed by atoms with E-state index in [2.05, 4.69) is 32.8 Å². The van der Waals surface area contributed by atoms with Gasteiger partial charge in [0.25, 0.3) is 0 Å². The molecule has 0 amide bonds. The van der Waals surface area contributed by atoms with Crippen molar-refractivity contribution in [2.24, 2.45) is 0 Å². The van der Waals surface area contributed by atoms with E-state index in [0.717, 1.165) is 49.6 Å². The SMILES string of the molecule is COC(=O)CCN1CCN(Cc2nc3ccccc3[nH]2)[C@@H](C)C1. The first-order chi connectivity index (χ1) is 11.2. The van der Waals surface area contributed by atoms with Gasteiger partial charge in [-0.1, -0.05) is 12.1 Å². The second kappa shape index (κ2) is 7.10. The summed E-state index contributed by atoms with van der Waals surface area (Å²) in [7, 11) is 1.44. The minimum atomic E-state index is -0.137. The number of piperazine rings is 1. The van der Waals surface area contributed by atoms with Crippen molar-refractivity contribution in [3.8, 4) is 0 Å². The van der Waals surface area contributed by atoms with Gasteiger partial charge < -0.3 is 9.72 Å². The van der Waals surface area contributed by atoms with Gasteiger partial charge in [-0.3, -0.25) is 14.6 Å². The van der Waals surface area contributed by atoms with Gasteiger partial charge in [-0.15, -0.1) is 0 Å². The van der Waals surface area contributed by atoms with E-state index in [1.165, 1.54) is 7.11 Å². The third-order valence-corrected chi connectivity index (χ3v) is 4.50. The Kier molecular flexibility index (Phi) is 4.93. The Labute approximate surface area is 136 Å². The van der Waals surface area contributed by atoms with Crippen LogP contribution in [0.3, 0.4) is 0 Å². The smallest absolute Gasteiger partial charge is 0.306 e. The number of methoxy groups -OCH3 is 1. The fraction of sp³-hybridized carbons (Fsp3) is 0.529. The Balaban J connectivity index is 1.55. The van der Waals surface area contributed by atoms with E-state index < -0.39 is 0 Å². The number of ether oxygens (including phenoxy) is 1. The molecule has 3 rings (SSSR count). The summed E-state index contributed by atoms with van der Waals surface area (Å²) in [6, 6.07) is 8.56. The molecule has 1 aliphatic heterocycles. The number of hydrogen-bond acceptors (Lipinski definition) is 5. The zero-order valence-corrected chi connectivity index (χ0v) is 13.8. The second-order valence-electron chi connectivity index (χ2n) is 6.15. The van der Waals surface area contributed by atoms with Crippen LogP contribution in [0.25, 0.3) is 11.0 Å². The Hall–Kier alpha value is -1.92. The van der Waals surface area contributed by atoms with Gasteiger partial charge >= 0.3 is 5.97 Å². The number of nitrogens with zero attached hydrogens (tertiary/aromatic N) is 3. The first-order valence-electron chi connectivity index (χ1n) is 8.12. The van der Waals surface area contributed by atoms with Crippen LogP contribution in [-0.4, -0.2) is 65.1 Å². The maximum Gasteiger partial charge on any atom is 0.306 e. The predicted molar refractivity (Wildman–Crippen MR) is 89.0 cm³/mol. The lowest BCUT2D eigenvalue weighted by Gasteiger charge is -2.39. The van der Waals surface area contributed by atoms with Crippen molar-refractivity contribution in [3.63, 3.8) is 0 Å². The van der Waals surface area contributed by atoms with Crippen molar-refractivity contribution in [2.45, 2.75) is 25.9 Å². The lowest BCUT2D eigenvalue weighted by molar-refractivity contribution is -0.141. The molecular formula is C17H24N4O2. The minimum Gasteiger partial charge on any atom is -0.469 e. The van der Waals surface area contributed by atoms with Crippen LogP contribution in [0.4, 0.5) is 0 Å². The number of rotatable bonds is 5. The highest BCUT2D eigenvalue weighted by molar-refractivity contribution is 5.74. The monoisotopic (exact) mass is 316 g/mol. The van der Waals surface area contributed by atoms with E-state index in [0.29, 0.717) is 12.5 Å². The maximum absolute atomic E-state index is 11.3. The van der Waals surface area contributed by atoms with Crippen LogP contribution < -0.4 is 0 Å². The number of esters is 1. The van der Waals surface area contributed by atoms with Crippen LogP contribution in [-0.2, 0) is 16.1 Å². The summed E-state index contributed by atoms with van der Waals surface area (Å²) in [5.41, 5.74) is 2.11. The molecule has 23 heavy (non-hydrogen) atoms. The van der Waals surface area contributed by atoms with Gasteiger partial charge in [0.2, 0.25) is 0 Å². The zero-order valence-electron chi connectivity index (χ0n) is 13.8. The average Bonchev–Trinajstić information content (AvgIpc) is 2.97. The molecule has 1 aromatic carbocycles. The molecule has 6 nitrogen and oxygen atoms in total. The van der Waals surface area contributed by atoms with Crippen molar-refractivity contribution in [1.29, 1.82) is 0 Å². The summed E-state index contributed by atoms with van der Waals surface area (Å²) in [5, 5.41) is 0. The van der Waals surface area contributed by atoms with E-state index in [1.807, 2.05) is 18.2 Å². The highest BCUT2D eigenvalue weighted by Gasteiger charge is 2.24. The van der Waals surface area contributed by atoms with E-state index in [4.69, 9.17) is 4.74 Å². The number of fused-ring (bicyclic) bond motifs is 1. The highest BCUT2D eigenvalue weighted by Crippen LogP contribution is 2.16. The first-order valence-corrected chi connectivity index (χ1v) is 8.12. The molecule has 1 saturated heterocycles. The molecule has 6 heteroatoms. The summed E-state index contributed by atoms with van der Waals surface area (Å²) < 4.78 is 4.71. The lowest BCUT2D eigenvalue weighted by atomic mass is 10.2. The van der Waals surface area contributed by atoms with Crippen molar-refractivity contribution in [1.82, 2.24) is 19.8 Å². The van der Waals surface area contributed by atoms with Crippen molar-refractivity contribution in [3.05, 3.63) is 30.1 Å². The van der Waals surface area contributed by atoms with E-state index >= 15 is 0 Å². The molecule has 2 heterocycles. The summed E-state index contributed by atoms with van der Waals surface area (Å²) >= 11 is 0. The number of H-pyrrole nitrogens is 1. The number of aromatic amines is 1. The van der Waals surface area contributed by atoms with Crippen LogP contribution in [0, 0.1) is 0 Å². The molecule has 0 bridgehead atoms. The molecule has 1 aliphatic rings. The lowest BCUT2D eigenvalue weighted by Crippen LogP contribution is -2.51. The van der Waals surface area contributed by atoms with Gasteiger partial charge in [-0.05, 0) is 19.1 Å². The Bertz CT molecular complexity index is 636. The van der Waals surface area contributed by atoms with E-state index in [1.54, 1.807) is 0 Å². The first kappa shape index (κ1) is 16.0. The molecule has 124 valence electrons. The average molecular weight is 316 g/mol. The van der Waals surface area contributed by atoms with Crippen LogP contribution in [0.15, 0.2) is 24.3 Å². The number of benzene rings is 1. The van der Waals surface area contributed by atoms with Crippen LogP contribution in [0.1, 0.15) is 19.2 Å². The van der Waals surface area contributed by atoms with Gasteiger partial charge in [0.1, 0.15) is 5.82 Å². The fourth-order valence-electron chi connectivity index (χ4n) is 3.13. The Morgan fingerprint density at radius 1 is 1.39 bits per heavy atom. The quantitative estimate of drug-likeness (QED) is 0.850. The Morgan fingerprint density at radius 3 is 2.96 bits per heavy atom. The van der Waals surface area contributed by atoms with Gasteiger partial charge in [-0.2, -0.15) is 0 Å². The fourth-order valence-corrected chi connectivity index (χ4v) is 3.13. The number of carbonyl (C=O) groups is 1. The van der Waals surface area contributed by atoms with Crippen LogP contribution >= 0.6 is 0 Å². The van der Waals surface area contributed by atoms with Crippen molar-refractivity contribution < 1.29 is 9.53 Å². The number of para-hydroxylation sites is 2. The zero-order chi connectivity index (χ0) is 16.2. The van der Waals surface area contributed by atoms with Gasteiger partial charge in [-0.25, -0.2) is 4.98 Å². The number of imidazole rings is 1. The molecule has 1 N–H and O–H groups in total. The third-order valence-electron chi connectivity index (χ3n) is 4.50. The molecular weight excluding hydrogens is 292 g/mol. The van der Waals surface area contributed by atoms with Crippen molar-refractivity contribution in [2.75, 3.05) is 33.3 Å². The number of carbonyl (C=O) groups excluding carboxylic acids is 1. The molecule has 1 aromatic heterocycles.